The van der Waals surface area contributed by atoms with Gasteiger partial charge in [-0.25, -0.2) is 9.78 Å². The van der Waals surface area contributed by atoms with Crippen molar-refractivity contribution in [2.24, 2.45) is 0 Å². The third kappa shape index (κ3) is 5.03. The number of allylic oxidation sites excluding steroid dienone is 1. The maximum atomic E-state index is 13.5. The fraction of sp³-hybridized carbons (Fsp3) is 0.133. The van der Waals surface area contributed by atoms with E-state index in [1.807, 2.05) is 55.5 Å². The normalized spacial score (nSPS) is 14.4. The Bertz CT molecular complexity index is 1770. The highest BCUT2D eigenvalue weighted by molar-refractivity contribution is 7.21. The molecule has 0 fully saturated rings. The summed E-state index contributed by atoms with van der Waals surface area (Å²) in [5.74, 6) is 0.558. The standard InChI is InChI=1S/C30H24ClN5O4S/c1-17-15-21(40-20-8-4-3-5-9-20)10-11-22(17)36-23-12-13-32-28-24(23)25(34-30(36)39)26(41-28)27(37)33-19-7-6-14-35(16-19)29(38)18(2)31/h3-5,8-13,15-16H,2,6-7,14H2,1H3,(H,33,37)(H,34,39). The quantitative estimate of drug-likeness (QED) is 0.236. The average molecular weight is 586 g/mol. The molecule has 0 spiro atoms. The maximum absolute atomic E-state index is 13.5. The number of hydrogen-bond donors (Lipinski definition) is 2. The van der Waals surface area contributed by atoms with Crippen molar-refractivity contribution in [3.63, 3.8) is 0 Å². The molecule has 2 aromatic carbocycles. The number of carbonyl (C=O) groups is 3. The molecule has 0 aliphatic carbocycles. The lowest BCUT2D eigenvalue weighted by Crippen LogP contribution is -2.36. The first kappa shape index (κ1) is 26.5. The maximum Gasteiger partial charge on any atom is 0.331 e. The van der Waals surface area contributed by atoms with E-state index in [9.17, 15) is 14.4 Å². The highest BCUT2D eigenvalue weighted by Gasteiger charge is 2.33. The van der Waals surface area contributed by atoms with Crippen LogP contribution in [-0.4, -0.2) is 34.3 Å². The van der Waals surface area contributed by atoms with Crippen LogP contribution in [0.3, 0.4) is 0 Å². The first-order valence-electron chi connectivity index (χ1n) is 12.8. The summed E-state index contributed by atoms with van der Waals surface area (Å²) in [6.45, 7) is 5.88. The zero-order valence-electron chi connectivity index (χ0n) is 21.9. The van der Waals surface area contributed by atoms with E-state index in [0.717, 1.165) is 5.56 Å². The molecule has 4 heterocycles. The number of pyridine rings is 1. The van der Waals surface area contributed by atoms with E-state index in [2.05, 4.69) is 22.2 Å². The van der Waals surface area contributed by atoms with Gasteiger partial charge in [0.15, 0.2) is 0 Å². The third-order valence-corrected chi connectivity index (χ3v) is 8.02. The van der Waals surface area contributed by atoms with Crippen LogP contribution >= 0.6 is 22.9 Å². The first-order chi connectivity index (χ1) is 19.8. The SMILES string of the molecule is C=C(Cl)C(=O)N1C=C(NC(=O)c2sc3nccc4c3c2NC(=O)N4c2ccc(Oc3ccccc3)cc2C)CCC1. The molecule has 6 rings (SSSR count). The van der Waals surface area contributed by atoms with Gasteiger partial charge in [-0.2, -0.15) is 0 Å². The van der Waals surface area contributed by atoms with Crippen molar-refractivity contribution in [1.29, 1.82) is 0 Å². The van der Waals surface area contributed by atoms with Crippen molar-refractivity contribution in [2.75, 3.05) is 16.8 Å². The number of nitrogens with one attached hydrogen (secondary N) is 2. The lowest BCUT2D eigenvalue weighted by molar-refractivity contribution is -0.124. The summed E-state index contributed by atoms with van der Waals surface area (Å²) >= 11 is 6.97. The number of aromatic nitrogens is 1. The van der Waals surface area contributed by atoms with Gasteiger partial charge in [0.2, 0.25) is 0 Å². The number of urea groups is 1. The Morgan fingerprint density at radius 1 is 1.12 bits per heavy atom. The van der Waals surface area contributed by atoms with E-state index in [1.165, 1.54) is 16.2 Å². The van der Waals surface area contributed by atoms with Gasteiger partial charge in [0.25, 0.3) is 11.8 Å². The highest BCUT2D eigenvalue weighted by atomic mass is 35.5. The summed E-state index contributed by atoms with van der Waals surface area (Å²) in [5, 5.41) is 6.39. The minimum Gasteiger partial charge on any atom is -0.457 e. The van der Waals surface area contributed by atoms with Gasteiger partial charge in [-0.05, 0) is 61.7 Å². The van der Waals surface area contributed by atoms with Crippen LogP contribution in [0.2, 0.25) is 0 Å². The molecule has 4 amide bonds. The second kappa shape index (κ2) is 10.7. The van der Waals surface area contributed by atoms with E-state index >= 15 is 0 Å². The molecule has 0 saturated carbocycles. The van der Waals surface area contributed by atoms with Crippen LogP contribution in [0.1, 0.15) is 28.1 Å². The molecule has 4 aromatic rings. The molecule has 2 aliphatic heterocycles. The van der Waals surface area contributed by atoms with Crippen molar-refractivity contribution in [3.05, 3.63) is 94.7 Å². The fourth-order valence-corrected chi connectivity index (χ4v) is 6.04. The zero-order valence-corrected chi connectivity index (χ0v) is 23.5. The van der Waals surface area contributed by atoms with Gasteiger partial charge in [0.1, 0.15) is 21.2 Å². The molecule has 11 heteroatoms. The summed E-state index contributed by atoms with van der Waals surface area (Å²) in [5.41, 5.74) is 3.11. The number of hydrogen-bond acceptors (Lipinski definition) is 6. The van der Waals surface area contributed by atoms with Gasteiger partial charge >= 0.3 is 6.03 Å². The number of halogens is 1. The van der Waals surface area contributed by atoms with Crippen molar-refractivity contribution in [3.8, 4) is 11.5 Å². The van der Waals surface area contributed by atoms with Crippen LogP contribution < -0.4 is 20.3 Å². The predicted octanol–water partition coefficient (Wildman–Crippen LogP) is 7.03. The Morgan fingerprint density at radius 3 is 2.68 bits per heavy atom. The molecule has 0 unspecified atom stereocenters. The number of benzene rings is 2. The third-order valence-electron chi connectivity index (χ3n) is 6.76. The molecule has 9 nitrogen and oxygen atoms in total. The number of anilines is 3. The molecule has 2 aromatic heterocycles. The van der Waals surface area contributed by atoms with Crippen molar-refractivity contribution in [1.82, 2.24) is 15.2 Å². The second-order valence-electron chi connectivity index (χ2n) is 9.56. The van der Waals surface area contributed by atoms with E-state index in [1.54, 1.807) is 23.4 Å². The van der Waals surface area contributed by atoms with Crippen LogP contribution in [0.4, 0.5) is 21.9 Å². The molecular weight excluding hydrogens is 562 g/mol. The summed E-state index contributed by atoms with van der Waals surface area (Å²) in [6, 6.07) is 16.4. The molecule has 0 saturated heterocycles. The first-order valence-corrected chi connectivity index (χ1v) is 14.0. The molecule has 0 bridgehead atoms. The Labute approximate surface area is 244 Å². The summed E-state index contributed by atoms with van der Waals surface area (Å²) in [6.07, 6.45) is 4.44. The van der Waals surface area contributed by atoms with E-state index in [0.29, 0.717) is 68.7 Å². The smallest absolute Gasteiger partial charge is 0.331 e. The number of nitrogens with zero attached hydrogens (tertiary/aromatic N) is 3. The van der Waals surface area contributed by atoms with Gasteiger partial charge in [-0.1, -0.05) is 36.4 Å². The number of aryl methyl sites for hydroxylation is 1. The fourth-order valence-electron chi connectivity index (χ4n) is 4.92. The minimum absolute atomic E-state index is 0.0952. The Hall–Kier alpha value is -4.67. The van der Waals surface area contributed by atoms with Gasteiger partial charge in [0, 0.05) is 24.6 Å². The monoisotopic (exact) mass is 585 g/mol. The molecule has 2 aliphatic rings. The molecule has 0 atom stereocenters. The van der Waals surface area contributed by atoms with Gasteiger partial charge in [-0.3, -0.25) is 14.5 Å². The van der Waals surface area contributed by atoms with Crippen LogP contribution in [-0.2, 0) is 4.79 Å². The van der Waals surface area contributed by atoms with Crippen LogP contribution in [0.25, 0.3) is 10.2 Å². The van der Waals surface area contributed by atoms with Gasteiger partial charge in [-0.15, -0.1) is 11.3 Å². The lowest BCUT2D eigenvalue weighted by Gasteiger charge is -2.29. The largest absolute Gasteiger partial charge is 0.457 e. The van der Waals surface area contributed by atoms with Gasteiger partial charge < -0.3 is 20.3 Å². The molecule has 41 heavy (non-hydrogen) atoms. The lowest BCUT2D eigenvalue weighted by atomic mass is 10.1. The van der Waals surface area contributed by atoms with E-state index < -0.39 is 17.8 Å². The van der Waals surface area contributed by atoms with Crippen molar-refractivity contribution >= 4 is 68.1 Å². The minimum atomic E-state index is -0.411. The van der Waals surface area contributed by atoms with Crippen molar-refractivity contribution < 1.29 is 19.1 Å². The molecular formula is C30H24ClN5O4S. The number of para-hydroxylation sites is 1. The zero-order chi connectivity index (χ0) is 28.7. The molecule has 2 N–H and O–H groups in total. The van der Waals surface area contributed by atoms with E-state index in [-0.39, 0.29) is 5.03 Å². The molecule has 206 valence electrons. The Kier molecular flexibility index (Phi) is 6.94. The summed E-state index contributed by atoms with van der Waals surface area (Å²) in [7, 11) is 0. The van der Waals surface area contributed by atoms with Crippen LogP contribution in [0.5, 0.6) is 11.5 Å². The second-order valence-corrected chi connectivity index (χ2v) is 11.0. The molecule has 0 radical (unpaired) electrons. The van der Waals surface area contributed by atoms with Gasteiger partial charge in [0.05, 0.1) is 27.5 Å². The van der Waals surface area contributed by atoms with Crippen LogP contribution in [0.15, 0.2) is 84.3 Å². The summed E-state index contributed by atoms with van der Waals surface area (Å²) < 4.78 is 5.96. The van der Waals surface area contributed by atoms with Crippen molar-refractivity contribution in [2.45, 2.75) is 19.8 Å². The predicted molar refractivity (Wildman–Crippen MR) is 160 cm³/mol. The Balaban J connectivity index is 1.31. The number of thiophene rings is 1. The summed E-state index contributed by atoms with van der Waals surface area (Å²) in [4.78, 5) is 47.6. The highest BCUT2D eigenvalue weighted by Crippen LogP contribution is 2.46. The number of carbonyl (C=O) groups excluding carboxylic acids is 3. The topological polar surface area (TPSA) is 104 Å². The number of amides is 4. The number of rotatable bonds is 6. The Morgan fingerprint density at radius 2 is 1.93 bits per heavy atom. The van der Waals surface area contributed by atoms with Crippen LogP contribution in [0, 0.1) is 6.92 Å². The average Bonchev–Trinajstić information content (AvgIpc) is 3.33. The van der Waals surface area contributed by atoms with E-state index in [4.69, 9.17) is 16.3 Å². The number of ether oxygens (including phenoxy) is 1.